The molecular formula is C13H16FNO5S. The molecule has 1 aromatic rings. The van der Waals surface area contributed by atoms with Crippen molar-refractivity contribution < 1.29 is 27.4 Å². The molecule has 1 aliphatic heterocycles. The highest BCUT2D eigenvalue weighted by atomic mass is 32.2. The molecule has 8 heteroatoms. The molecule has 0 aromatic heterocycles. The highest BCUT2D eigenvalue weighted by molar-refractivity contribution is 7.89. The van der Waals surface area contributed by atoms with Gasteiger partial charge in [0.15, 0.2) is 0 Å². The van der Waals surface area contributed by atoms with Crippen molar-refractivity contribution in [2.45, 2.75) is 31.0 Å². The third kappa shape index (κ3) is 3.22. The number of sulfonamides is 1. The standard InChI is InChI=1S/C13H16FNO5S/c1-8-6-15(7-9(2)20-8)21(18,19)10-3-4-12(14)11(5-10)13(16)17/h3-5,8-9H,6-7H2,1-2H3,(H,16,17)/t8-,9+. The second-order valence-electron chi connectivity index (χ2n) is 5.03. The summed E-state index contributed by atoms with van der Waals surface area (Å²) in [6.45, 7) is 3.86. The van der Waals surface area contributed by atoms with E-state index >= 15 is 0 Å². The minimum atomic E-state index is -3.88. The highest BCUT2D eigenvalue weighted by Crippen LogP contribution is 2.23. The third-order valence-corrected chi connectivity index (χ3v) is 5.02. The highest BCUT2D eigenvalue weighted by Gasteiger charge is 2.32. The van der Waals surface area contributed by atoms with Crippen LogP contribution in [0.2, 0.25) is 0 Å². The number of morpholine rings is 1. The molecular weight excluding hydrogens is 301 g/mol. The SMILES string of the molecule is C[C@@H]1CN(S(=O)(=O)c2ccc(F)c(C(=O)O)c2)C[C@H](C)O1. The summed E-state index contributed by atoms with van der Waals surface area (Å²) in [6.07, 6.45) is -0.522. The second-order valence-corrected chi connectivity index (χ2v) is 6.96. The van der Waals surface area contributed by atoms with Gasteiger partial charge in [0, 0.05) is 13.1 Å². The third-order valence-electron chi connectivity index (χ3n) is 3.19. The number of carboxylic acid groups (broad SMARTS) is 1. The Balaban J connectivity index is 2.40. The van der Waals surface area contributed by atoms with E-state index < -0.39 is 27.4 Å². The number of carbonyl (C=O) groups is 1. The van der Waals surface area contributed by atoms with Gasteiger partial charge in [-0.1, -0.05) is 0 Å². The van der Waals surface area contributed by atoms with E-state index in [-0.39, 0.29) is 30.2 Å². The summed E-state index contributed by atoms with van der Waals surface area (Å²) in [5, 5.41) is 8.88. The number of hydrogen-bond donors (Lipinski definition) is 1. The van der Waals surface area contributed by atoms with Crippen molar-refractivity contribution in [2.24, 2.45) is 0 Å². The van der Waals surface area contributed by atoms with Crippen LogP contribution in [0.3, 0.4) is 0 Å². The largest absolute Gasteiger partial charge is 0.478 e. The molecule has 0 unspecified atom stereocenters. The number of halogens is 1. The lowest BCUT2D eigenvalue weighted by Gasteiger charge is -2.34. The molecule has 1 saturated heterocycles. The van der Waals surface area contributed by atoms with E-state index in [4.69, 9.17) is 9.84 Å². The van der Waals surface area contributed by atoms with Gasteiger partial charge in [-0.3, -0.25) is 0 Å². The number of benzene rings is 1. The predicted molar refractivity (Wildman–Crippen MR) is 72.1 cm³/mol. The minimum absolute atomic E-state index is 0.173. The van der Waals surface area contributed by atoms with Crippen LogP contribution >= 0.6 is 0 Å². The molecule has 0 bridgehead atoms. The van der Waals surface area contributed by atoms with Crippen molar-refractivity contribution in [1.82, 2.24) is 4.31 Å². The number of rotatable bonds is 3. The van der Waals surface area contributed by atoms with Crippen molar-refractivity contribution >= 4 is 16.0 Å². The van der Waals surface area contributed by atoms with E-state index in [0.29, 0.717) is 0 Å². The van der Waals surface area contributed by atoms with Crippen LogP contribution in [-0.4, -0.2) is 49.1 Å². The average molecular weight is 317 g/mol. The summed E-state index contributed by atoms with van der Waals surface area (Å²) < 4.78 is 45.1. The van der Waals surface area contributed by atoms with Gasteiger partial charge >= 0.3 is 5.97 Å². The Morgan fingerprint density at radius 2 is 1.90 bits per heavy atom. The lowest BCUT2D eigenvalue weighted by Crippen LogP contribution is -2.48. The zero-order valence-electron chi connectivity index (χ0n) is 11.6. The van der Waals surface area contributed by atoms with Crippen LogP contribution in [-0.2, 0) is 14.8 Å². The fourth-order valence-corrected chi connectivity index (χ4v) is 3.92. The molecule has 6 nitrogen and oxygen atoms in total. The Bertz CT molecular complexity index is 651. The Morgan fingerprint density at radius 1 is 1.33 bits per heavy atom. The average Bonchev–Trinajstić information content (AvgIpc) is 2.37. The van der Waals surface area contributed by atoms with Gasteiger partial charge in [0.1, 0.15) is 5.82 Å². The zero-order valence-corrected chi connectivity index (χ0v) is 12.4. The van der Waals surface area contributed by atoms with Crippen LogP contribution < -0.4 is 0 Å². The predicted octanol–water partition coefficient (Wildman–Crippen LogP) is 1.32. The second kappa shape index (κ2) is 5.70. The first-order valence-corrected chi connectivity index (χ1v) is 7.84. The lowest BCUT2D eigenvalue weighted by atomic mass is 10.2. The number of aromatic carboxylic acids is 1. The topological polar surface area (TPSA) is 83.9 Å². The molecule has 1 fully saturated rings. The first-order chi connectivity index (χ1) is 9.71. The summed E-state index contributed by atoms with van der Waals surface area (Å²) in [6, 6.07) is 2.77. The van der Waals surface area contributed by atoms with Crippen LogP contribution in [0.5, 0.6) is 0 Å². The van der Waals surface area contributed by atoms with E-state index in [9.17, 15) is 17.6 Å². The maximum Gasteiger partial charge on any atom is 0.338 e. The number of nitrogens with zero attached hydrogens (tertiary/aromatic N) is 1. The zero-order chi connectivity index (χ0) is 15.8. The molecule has 0 amide bonds. The quantitative estimate of drug-likeness (QED) is 0.909. The minimum Gasteiger partial charge on any atom is -0.478 e. The Morgan fingerprint density at radius 3 is 2.43 bits per heavy atom. The molecule has 0 aliphatic carbocycles. The molecule has 1 N–H and O–H groups in total. The summed E-state index contributed by atoms with van der Waals surface area (Å²) >= 11 is 0. The van der Waals surface area contributed by atoms with Gasteiger partial charge in [0.2, 0.25) is 10.0 Å². The molecule has 0 saturated carbocycles. The summed E-state index contributed by atoms with van der Waals surface area (Å²) in [7, 11) is -3.88. The van der Waals surface area contributed by atoms with Crippen LogP contribution in [0.4, 0.5) is 4.39 Å². The molecule has 21 heavy (non-hydrogen) atoms. The van der Waals surface area contributed by atoms with Crippen molar-refractivity contribution in [2.75, 3.05) is 13.1 Å². The molecule has 0 radical (unpaired) electrons. The fourth-order valence-electron chi connectivity index (χ4n) is 2.30. The van der Waals surface area contributed by atoms with E-state index in [1.807, 2.05) is 0 Å². The maximum absolute atomic E-state index is 13.4. The Kier molecular flexibility index (Phi) is 4.31. The Labute approximate surface area is 122 Å². The molecule has 2 atom stereocenters. The normalized spacial score (nSPS) is 24.0. The van der Waals surface area contributed by atoms with Gasteiger partial charge in [0.05, 0.1) is 22.7 Å². The molecule has 2 rings (SSSR count). The van der Waals surface area contributed by atoms with E-state index in [0.717, 1.165) is 18.2 Å². The number of carboxylic acids is 1. The summed E-state index contributed by atoms with van der Waals surface area (Å²) in [4.78, 5) is 10.7. The van der Waals surface area contributed by atoms with Crippen molar-refractivity contribution in [3.63, 3.8) is 0 Å². The van der Waals surface area contributed by atoms with Gasteiger partial charge in [-0.05, 0) is 32.0 Å². The summed E-state index contributed by atoms with van der Waals surface area (Å²) in [5.41, 5.74) is -0.662. The molecule has 1 aliphatic rings. The van der Waals surface area contributed by atoms with Gasteiger partial charge < -0.3 is 9.84 Å². The number of ether oxygens (including phenoxy) is 1. The lowest BCUT2D eigenvalue weighted by molar-refractivity contribution is -0.0440. The van der Waals surface area contributed by atoms with Gasteiger partial charge in [0.25, 0.3) is 0 Å². The van der Waals surface area contributed by atoms with E-state index in [1.165, 1.54) is 4.31 Å². The molecule has 1 heterocycles. The van der Waals surface area contributed by atoms with Crippen LogP contribution in [0, 0.1) is 5.82 Å². The van der Waals surface area contributed by atoms with Crippen molar-refractivity contribution in [3.05, 3.63) is 29.6 Å². The van der Waals surface area contributed by atoms with Crippen molar-refractivity contribution in [1.29, 1.82) is 0 Å². The van der Waals surface area contributed by atoms with Crippen LogP contribution in [0.15, 0.2) is 23.1 Å². The first kappa shape index (κ1) is 15.9. The van der Waals surface area contributed by atoms with Crippen LogP contribution in [0.1, 0.15) is 24.2 Å². The van der Waals surface area contributed by atoms with E-state index in [1.54, 1.807) is 13.8 Å². The first-order valence-electron chi connectivity index (χ1n) is 6.40. The van der Waals surface area contributed by atoms with Gasteiger partial charge in [-0.25, -0.2) is 17.6 Å². The van der Waals surface area contributed by atoms with Crippen LogP contribution in [0.25, 0.3) is 0 Å². The fraction of sp³-hybridized carbons (Fsp3) is 0.462. The molecule has 116 valence electrons. The van der Waals surface area contributed by atoms with E-state index in [2.05, 4.69) is 0 Å². The molecule has 0 spiro atoms. The Hall–Kier alpha value is -1.51. The van der Waals surface area contributed by atoms with Gasteiger partial charge in [-0.15, -0.1) is 0 Å². The summed E-state index contributed by atoms with van der Waals surface area (Å²) in [5.74, 6) is -2.47. The van der Waals surface area contributed by atoms with Gasteiger partial charge in [-0.2, -0.15) is 4.31 Å². The maximum atomic E-state index is 13.4. The number of hydrogen-bond acceptors (Lipinski definition) is 4. The molecule has 1 aromatic carbocycles. The van der Waals surface area contributed by atoms with Crippen molar-refractivity contribution in [3.8, 4) is 0 Å². The smallest absolute Gasteiger partial charge is 0.338 e. The monoisotopic (exact) mass is 317 g/mol.